The van der Waals surface area contributed by atoms with Crippen molar-refractivity contribution in [3.05, 3.63) is 34.9 Å². The molecule has 0 fully saturated rings. The van der Waals surface area contributed by atoms with E-state index in [1.807, 2.05) is 0 Å². The van der Waals surface area contributed by atoms with Gasteiger partial charge in [0.1, 0.15) is 0 Å². The number of rotatable bonds is 4. The van der Waals surface area contributed by atoms with Crippen molar-refractivity contribution in [2.45, 2.75) is 32.0 Å². The fourth-order valence-electron chi connectivity index (χ4n) is 1.24. The molecule has 1 aromatic carbocycles. The van der Waals surface area contributed by atoms with Gasteiger partial charge in [0, 0.05) is 5.02 Å². The van der Waals surface area contributed by atoms with Crippen LogP contribution in [0.2, 0.25) is 5.02 Å². The second-order valence-corrected chi connectivity index (χ2v) is 3.86. The minimum absolute atomic E-state index is 0.379. The summed E-state index contributed by atoms with van der Waals surface area (Å²) in [5, 5.41) is 10.3. The number of hydrogen-bond acceptors (Lipinski definition) is 1. The lowest BCUT2D eigenvalue weighted by molar-refractivity contribution is 0.151. The smallest absolute Gasteiger partial charge is 0.0974 e. The molecule has 0 bridgehead atoms. The van der Waals surface area contributed by atoms with Crippen LogP contribution in [-0.4, -0.2) is 11.3 Å². The molecule has 0 saturated heterocycles. The summed E-state index contributed by atoms with van der Waals surface area (Å²) in [5.74, 6) is 0. The van der Waals surface area contributed by atoms with Gasteiger partial charge in [-0.2, -0.15) is 0 Å². The molecule has 2 unspecified atom stereocenters. The quantitative estimate of drug-likeness (QED) is 0.817. The molecule has 0 heterocycles. The molecule has 1 rings (SSSR count). The van der Waals surface area contributed by atoms with Crippen molar-refractivity contribution in [1.29, 1.82) is 0 Å². The number of aliphatic hydroxyl groups excluding tert-OH is 1. The Kier molecular flexibility index (Phi) is 4.36. The first-order valence-electron chi connectivity index (χ1n) is 4.67. The van der Waals surface area contributed by atoms with Gasteiger partial charge in [-0.3, -0.25) is 0 Å². The van der Waals surface area contributed by atoms with Gasteiger partial charge in [-0.1, -0.05) is 23.7 Å². The van der Waals surface area contributed by atoms with Crippen molar-refractivity contribution >= 4 is 11.6 Å². The molecule has 1 aromatic rings. The molecule has 0 amide bonds. The van der Waals surface area contributed by atoms with E-state index < -0.39 is 12.3 Å². The topological polar surface area (TPSA) is 20.2 Å². The number of benzene rings is 1. The Morgan fingerprint density at radius 3 is 2.36 bits per heavy atom. The van der Waals surface area contributed by atoms with E-state index in [1.54, 1.807) is 24.3 Å². The largest absolute Gasteiger partial charge is 0.388 e. The van der Waals surface area contributed by atoms with E-state index in [2.05, 4.69) is 0 Å². The Hall–Kier alpha value is -0.600. The highest BCUT2D eigenvalue weighted by Gasteiger charge is 2.09. The molecule has 0 aromatic heterocycles. The first-order valence-corrected chi connectivity index (χ1v) is 5.05. The highest BCUT2D eigenvalue weighted by molar-refractivity contribution is 6.30. The molecule has 0 aliphatic carbocycles. The Bertz CT molecular complexity index is 271. The maximum absolute atomic E-state index is 12.5. The Labute approximate surface area is 88.5 Å². The van der Waals surface area contributed by atoms with Gasteiger partial charge >= 0.3 is 0 Å². The standard InChI is InChI=1S/C11H14ClFO/c1-8(13)2-7-11(14)9-3-5-10(12)6-4-9/h3-6,8,11,14H,2,7H2,1H3. The van der Waals surface area contributed by atoms with E-state index in [4.69, 9.17) is 11.6 Å². The van der Waals surface area contributed by atoms with Crippen LogP contribution in [0.25, 0.3) is 0 Å². The fraction of sp³-hybridized carbons (Fsp3) is 0.455. The highest BCUT2D eigenvalue weighted by Crippen LogP contribution is 2.21. The average molecular weight is 217 g/mol. The van der Waals surface area contributed by atoms with Gasteiger partial charge in [-0.15, -0.1) is 0 Å². The SMILES string of the molecule is CC(F)CCC(O)c1ccc(Cl)cc1. The van der Waals surface area contributed by atoms with Crippen molar-refractivity contribution in [2.24, 2.45) is 0 Å². The van der Waals surface area contributed by atoms with E-state index in [9.17, 15) is 9.50 Å². The Balaban J connectivity index is 2.52. The maximum Gasteiger partial charge on any atom is 0.0974 e. The van der Waals surface area contributed by atoms with Gasteiger partial charge in [-0.25, -0.2) is 4.39 Å². The van der Waals surface area contributed by atoms with Gasteiger partial charge in [0.15, 0.2) is 0 Å². The van der Waals surface area contributed by atoms with Gasteiger partial charge in [0.05, 0.1) is 12.3 Å². The molecule has 0 aliphatic heterocycles. The van der Waals surface area contributed by atoms with Crippen LogP contribution in [0.15, 0.2) is 24.3 Å². The normalized spacial score (nSPS) is 15.1. The molecule has 1 nitrogen and oxygen atoms in total. The Morgan fingerprint density at radius 2 is 1.86 bits per heavy atom. The third-order valence-corrected chi connectivity index (χ3v) is 2.34. The van der Waals surface area contributed by atoms with Gasteiger partial charge in [-0.05, 0) is 37.5 Å². The third kappa shape index (κ3) is 3.64. The summed E-state index contributed by atoms with van der Waals surface area (Å²) in [6, 6.07) is 6.96. The lowest BCUT2D eigenvalue weighted by atomic mass is 10.0. The molecule has 3 heteroatoms. The summed E-state index contributed by atoms with van der Waals surface area (Å²) in [6.07, 6.45) is -0.634. The molecule has 2 atom stereocenters. The van der Waals surface area contributed by atoms with E-state index in [0.29, 0.717) is 17.9 Å². The highest BCUT2D eigenvalue weighted by atomic mass is 35.5. The van der Waals surface area contributed by atoms with Crippen LogP contribution in [0.1, 0.15) is 31.4 Å². The van der Waals surface area contributed by atoms with Crippen molar-refractivity contribution < 1.29 is 9.50 Å². The molecule has 14 heavy (non-hydrogen) atoms. The number of hydrogen-bond donors (Lipinski definition) is 1. The molecular weight excluding hydrogens is 203 g/mol. The molecule has 1 N–H and O–H groups in total. The van der Waals surface area contributed by atoms with Crippen LogP contribution in [0, 0.1) is 0 Å². The van der Waals surface area contributed by atoms with Crippen LogP contribution >= 0.6 is 11.6 Å². The monoisotopic (exact) mass is 216 g/mol. The van der Waals surface area contributed by atoms with Crippen molar-refractivity contribution in [2.75, 3.05) is 0 Å². The van der Waals surface area contributed by atoms with Gasteiger partial charge < -0.3 is 5.11 Å². The minimum atomic E-state index is -0.864. The van der Waals surface area contributed by atoms with Crippen molar-refractivity contribution in [1.82, 2.24) is 0 Å². The summed E-state index contributed by atoms with van der Waals surface area (Å²) in [6.45, 7) is 1.49. The number of alkyl halides is 1. The fourth-order valence-corrected chi connectivity index (χ4v) is 1.37. The van der Waals surface area contributed by atoms with Crippen molar-refractivity contribution in [3.8, 4) is 0 Å². The zero-order valence-corrected chi connectivity index (χ0v) is 8.84. The summed E-state index contributed by atoms with van der Waals surface area (Å²) in [4.78, 5) is 0. The van der Waals surface area contributed by atoms with Crippen LogP contribution in [0.3, 0.4) is 0 Å². The molecule has 0 spiro atoms. The predicted molar refractivity (Wildman–Crippen MR) is 56.2 cm³/mol. The zero-order chi connectivity index (χ0) is 10.6. The van der Waals surface area contributed by atoms with E-state index in [1.165, 1.54) is 6.92 Å². The summed E-state index contributed by atoms with van der Waals surface area (Å²) < 4.78 is 12.5. The van der Waals surface area contributed by atoms with E-state index >= 15 is 0 Å². The molecule has 78 valence electrons. The average Bonchev–Trinajstić information content (AvgIpc) is 2.15. The van der Waals surface area contributed by atoms with E-state index in [-0.39, 0.29) is 0 Å². The summed E-state index contributed by atoms with van der Waals surface area (Å²) in [7, 11) is 0. The third-order valence-electron chi connectivity index (χ3n) is 2.09. The second-order valence-electron chi connectivity index (χ2n) is 3.43. The predicted octanol–water partition coefficient (Wildman–Crippen LogP) is 3.51. The van der Waals surface area contributed by atoms with Crippen LogP contribution < -0.4 is 0 Å². The molecule has 0 aliphatic rings. The van der Waals surface area contributed by atoms with E-state index in [0.717, 1.165) is 5.56 Å². The molecular formula is C11H14ClFO. The van der Waals surface area contributed by atoms with Crippen LogP contribution in [0.5, 0.6) is 0 Å². The van der Waals surface area contributed by atoms with Crippen molar-refractivity contribution in [3.63, 3.8) is 0 Å². The van der Waals surface area contributed by atoms with Gasteiger partial charge in [0.25, 0.3) is 0 Å². The van der Waals surface area contributed by atoms with Crippen LogP contribution in [0.4, 0.5) is 4.39 Å². The molecule has 0 saturated carbocycles. The summed E-state index contributed by atoms with van der Waals surface area (Å²) >= 11 is 5.70. The lowest BCUT2D eigenvalue weighted by Crippen LogP contribution is -2.01. The maximum atomic E-state index is 12.5. The minimum Gasteiger partial charge on any atom is -0.388 e. The first kappa shape index (κ1) is 11.5. The number of aliphatic hydroxyl groups is 1. The zero-order valence-electron chi connectivity index (χ0n) is 8.08. The lowest BCUT2D eigenvalue weighted by Gasteiger charge is -2.11. The van der Waals surface area contributed by atoms with Crippen LogP contribution in [-0.2, 0) is 0 Å². The Morgan fingerprint density at radius 1 is 1.29 bits per heavy atom. The van der Waals surface area contributed by atoms with Gasteiger partial charge in [0.2, 0.25) is 0 Å². The molecule has 0 radical (unpaired) electrons. The summed E-state index contributed by atoms with van der Waals surface area (Å²) in [5.41, 5.74) is 0.787. The first-order chi connectivity index (χ1) is 6.59. The second kappa shape index (κ2) is 5.32. The number of halogens is 2.